The summed E-state index contributed by atoms with van der Waals surface area (Å²) in [4.78, 5) is 4.49. The van der Waals surface area contributed by atoms with Crippen LogP contribution in [0.4, 0.5) is 0 Å². The van der Waals surface area contributed by atoms with Gasteiger partial charge in [0.15, 0.2) is 5.96 Å². The number of hydrogen-bond acceptors (Lipinski definition) is 3. The monoisotopic (exact) mass is 482 g/mol. The zero-order valence-electron chi connectivity index (χ0n) is 15.7. The van der Waals surface area contributed by atoms with Crippen molar-refractivity contribution in [2.75, 3.05) is 6.54 Å². The van der Waals surface area contributed by atoms with Crippen molar-refractivity contribution in [3.8, 4) is 0 Å². The minimum absolute atomic E-state index is 0. The van der Waals surface area contributed by atoms with Gasteiger partial charge in [0.2, 0.25) is 10.0 Å². The maximum atomic E-state index is 12.6. The lowest BCUT2D eigenvalue weighted by Crippen LogP contribution is -2.40. The molecule has 1 aromatic rings. The molecule has 1 rings (SSSR count). The lowest BCUT2D eigenvalue weighted by Gasteiger charge is -2.21. The summed E-state index contributed by atoms with van der Waals surface area (Å²) in [6.07, 6.45) is 0.997. The molecule has 0 aromatic heterocycles. The van der Waals surface area contributed by atoms with Crippen LogP contribution in [-0.2, 0) is 16.6 Å². The highest BCUT2D eigenvalue weighted by Gasteiger charge is 2.24. The largest absolute Gasteiger partial charge is 0.370 e. The number of aliphatic imine (C=N–C) groups is 1. The number of benzene rings is 1. The number of nitrogens with one attached hydrogen (secondary N) is 2. The predicted molar refractivity (Wildman–Crippen MR) is 115 cm³/mol. The summed E-state index contributed by atoms with van der Waals surface area (Å²) >= 11 is 0. The Hall–Kier alpha value is -0.870. The summed E-state index contributed by atoms with van der Waals surface area (Å²) in [5.41, 5.74) is 5.91. The zero-order chi connectivity index (χ0) is 18.4. The standard InChI is InChI=1S/C17H30N4O2S.HI/c1-13(2)10-11-19-16(18)20-12-14-8-6-7-9-15(14)24(22,23)21-17(3,4)5;/h6-9,13,21H,10-12H2,1-5H3,(H3,18,19,20);1H. The van der Waals surface area contributed by atoms with Crippen LogP contribution < -0.4 is 15.8 Å². The topological polar surface area (TPSA) is 96.6 Å². The lowest BCUT2D eigenvalue weighted by molar-refractivity contribution is 0.491. The smallest absolute Gasteiger partial charge is 0.241 e. The quantitative estimate of drug-likeness (QED) is 0.316. The number of guanidine groups is 1. The van der Waals surface area contributed by atoms with E-state index in [1.807, 2.05) is 20.8 Å². The Morgan fingerprint density at radius 3 is 2.40 bits per heavy atom. The first-order valence-corrected chi connectivity index (χ1v) is 9.65. The van der Waals surface area contributed by atoms with Gasteiger partial charge in [0.05, 0.1) is 11.4 Å². The molecule has 0 radical (unpaired) electrons. The van der Waals surface area contributed by atoms with E-state index in [0.29, 0.717) is 17.4 Å². The molecule has 144 valence electrons. The third kappa shape index (κ3) is 9.41. The fraction of sp³-hybridized carbons (Fsp3) is 0.588. The van der Waals surface area contributed by atoms with Crippen LogP contribution in [0.25, 0.3) is 0 Å². The normalized spacial score (nSPS) is 12.8. The molecule has 1 aromatic carbocycles. The van der Waals surface area contributed by atoms with Gasteiger partial charge in [0.1, 0.15) is 0 Å². The first-order chi connectivity index (χ1) is 11.0. The number of halogens is 1. The molecule has 0 saturated carbocycles. The molecule has 0 bridgehead atoms. The maximum absolute atomic E-state index is 12.6. The summed E-state index contributed by atoms with van der Waals surface area (Å²) in [7, 11) is -3.61. The molecule has 0 saturated heterocycles. The van der Waals surface area contributed by atoms with E-state index >= 15 is 0 Å². The number of rotatable bonds is 7. The highest BCUT2D eigenvalue weighted by Crippen LogP contribution is 2.18. The van der Waals surface area contributed by atoms with Gasteiger partial charge >= 0.3 is 0 Å². The summed E-state index contributed by atoms with van der Waals surface area (Å²) < 4.78 is 27.8. The summed E-state index contributed by atoms with van der Waals surface area (Å²) in [5.74, 6) is 0.909. The number of sulfonamides is 1. The molecule has 0 aliphatic rings. The minimum atomic E-state index is -3.61. The molecule has 4 N–H and O–H groups in total. The van der Waals surface area contributed by atoms with Crippen molar-refractivity contribution in [1.29, 1.82) is 0 Å². The first kappa shape index (κ1) is 24.1. The fourth-order valence-corrected chi connectivity index (χ4v) is 3.72. The fourth-order valence-electron chi connectivity index (χ4n) is 2.07. The predicted octanol–water partition coefficient (Wildman–Crippen LogP) is 2.83. The molecule has 0 fully saturated rings. The minimum Gasteiger partial charge on any atom is -0.370 e. The molecule has 0 unspecified atom stereocenters. The van der Waals surface area contributed by atoms with Crippen molar-refractivity contribution >= 4 is 40.0 Å². The van der Waals surface area contributed by atoms with Crippen LogP contribution in [-0.4, -0.2) is 26.5 Å². The highest BCUT2D eigenvalue weighted by molar-refractivity contribution is 14.0. The SMILES string of the molecule is CC(C)CCNC(N)=NCc1ccccc1S(=O)(=O)NC(C)(C)C.I. The lowest BCUT2D eigenvalue weighted by atomic mass is 10.1. The van der Waals surface area contributed by atoms with Crippen LogP contribution >= 0.6 is 24.0 Å². The number of nitrogens with two attached hydrogens (primary N) is 1. The van der Waals surface area contributed by atoms with E-state index in [2.05, 4.69) is 28.9 Å². The second-order valence-electron chi connectivity index (χ2n) is 7.27. The van der Waals surface area contributed by atoms with Gasteiger partial charge in [-0.2, -0.15) is 0 Å². The van der Waals surface area contributed by atoms with Crippen LogP contribution in [0.15, 0.2) is 34.2 Å². The first-order valence-electron chi connectivity index (χ1n) is 8.17. The van der Waals surface area contributed by atoms with Crippen molar-refractivity contribution in [2.24, 2.45) is 16.6 Å². The van der Waals surface area contributed by atoms with Gasteiger partial charge in [0, 0.05) is 12.1 Å². The molecule has 25 heavy (non-hydrogen) atoms. The third-order valence-corrected chi connectivity index (χ3v) is 5.01. The van der Waals surface area contributed by atoms with Crippen molar-refractivity contribution in [3.05, 3.63) is 29.8 Å². The molecule has 0 spiro atoms. The van der Waals surface area contributed by atoms with Gasteiger partial charge in [-0.25, -0.2) is 18.1 Å². The second kappa shape index (κ2) is 10.3. The highest BCUT2D eigenvalue weighted by atomic mass is 127. The van der Waals surface area contributed by atoms with Crippen molar-refractivity contribution in [1.82, 2.24) is 10.0 Å². The average Bonchev–Trinajstić information content (AvgIpc) is 2.42. The second-order valence-corrected chi connectivity index (χ2v) is 8.92. The Labute approximate surface area is 169 Å². The Morgan fingerprint density at radius 1 is 1.24 bits per heavy atom. The molecule has 8 heteroatoms. The van der Waals surface area contributed by atoms with E-state index in [4.69, 9.17) is 5.73 Å². The van der Waals surface area contributed by atoms with E-state index < -0.39 is 15.6 Å². The van der Waals surface area contributed by atoms with Gasteiger partial charge in [-0.3, -0.25) is 0 Å². The van der Waals surface area contributed by atoms with E-state index in [9.17, 15) is 8.42 Å². The molecular formula is C17H31IN4O2S. The van der Waals surface area contributed by atoms with E-state index in [0.717, 1.165) is 13.0 Å². The molecule has 0 atom stereocenters. The number of nitrogens with zero attached hydrogens (tertiary/aromatic N) is 1. The van der Waals surface area contributed by atoms with E-state index in [1.54, 1.807) is 24.3 Å². The zero-order valence-corrected chi connectivity index (χ0v) is 18.8. The van der Waals surface area contributed by atoms with Gasteiger partial charge < -0.3 is 11.1 Å². The van der Waals surface area contributed by atoms with E-state index in [-0.39, 0.29) is 35.4 Å². The van der Waals surface area contributed by atoms with Crippen LogP contribution in [0.3, 0.4) is 0 Å². The summed E-state index contributed by atoms with van der Waals surface area (Å²) in [6.45, 7) is 10.7. The van der Waals surface area contributed by atoms with Crippen LogP contribution in [0.5, 0.6) is 0 Å². The molecule has 0 aliphatic carbocycles. The number of hydrogen-bond donors (Lipinski definition) is 3. The summed E-state index contributed by atoms with van der Waals surface area (Å²) in [5, 5.41) is 3.04. The van der Waals surface area contributed by atoms with E-state index in [1.165, 1.54) is 0 Å². The van der Waals surface area contributed by atoms with Gasteiger partial charge in [-0.1, -0.05) is 32.0 Å². The van der Waals surface area contributed by atoms with Crippen molar-refractivity contribution in [2.45, 2.75) is 58.0 Å². The third-order valence-electron chi connectivity index (χ3n) is 3.15. The van der Waals surface area contributed by atoms with Gasteiger partial charge in [-0.15, -0.1) is 24.0 Å². The Morgan fingerprint density at radius 2 is 1.84 bits per heavy atom. The molecule has 0 aliphatic heterocycles. The van der Waals surface area contributed by atoms with Crippen LogP contribution in [0, 0.1) is 5.92 Å². The molecular weight excluding hydrogens is 451 g/mol. The van der Waals surface area contributed by atoms with Gasteiger partial charge in [0.25, 0.3) is 0 Å². The van der Waals surface area contributed by atoms with Gasteiger partial charge in [-0.05, 0) is 44.7 Å². The van der Waals surface area contributed by atoms with Crippen molar-refractivity contribution in [3.63, 3.8) is 0 Å². The Balaban J connectivity index is 0.00000576. The maximum Gasteiger partial charge on any atom is 0.241 e. The van der Waals surface area contributed by atoms with Crippen molar-refractivity contribution < 1.29 is 8.42 Å². The molecule has 0 amide bonds. The Kier molecular flexibility index (Phi) is 9.96. The molecule has 6 nitrogen and oxygen atoms in total. The molecule has 0 heterocycles. The van der Waals surface area contributed by atoms with Crippen LogP contribution in [0.1, 0.15) is 46.6 Å². The van der Waals surface area contributed by atoms with Crippen LogP contribution in [0.2, 0.25) is 0 Å². The summed E-state index contributed by atoms with van der Waals surface area (Å²) in [6, 6.07) is 6.83. The Bertz CT molecular complexity index is 667. The average molecular weight is 482 g/mol.